The monoisotopic (exact) mass is 202 g/mol. The van der Waals surface area contributed by atoms with E-state index in [-0.39, 0.29) is 5.75 Å². The average molecular weight is 202 g/mol. The largest absolute Gasteiger partial charge is 0.494 e. The van der Waals surface area contributed by atoms with E-state index in [4.69, 9.17) is 4.74 Å². The molecule has 1 aromatic carbocycles. The molecule has 0 saturated heterocycles. The van der Waals surface area contributed by atoms with Crippen molar-refractivity contribution in [3.8, 4) is 11.5 Å². The van der Waals surface area contributed by atoms with Crippen LogP contribution in [0.4, 0.5) is 8.78 Å². The minimum atomic E-state index is -3.15. The summed E-state index contributed by atoms with van der Waals surface area (Å²) >= 11 is 0. The molecule has 0 fully saturated rings. The fourth-order valence-corrected chi connectivity index (χ4v) is 0.978. The number of halogens is 2. The Bertz CT molecular complexity index is 277. The molecule has 0 radical (unpaired) electrons. The number of alkyl halides is 2. The number of benzene rings is 1. The first-order chi connectivity index (χ1) is 6.51. The van der Waals surface area contributed by atoms with Crippen molar-refractivity contribution in [1.82, 2.24) is 0 Å². The third-order valence-electron chi connectivity index (χ3n) is 1.43. The van der Waals surface area contributed by atoms with Crippen molar-refractivity contribution >= 4 is 0 Å². The molecule has 78 valence electrons. The zero-order chi connectivity index (χ0) is 10.6. The summed E-state index contributed by atoms with van der Waals surface area (Å²) in [5.41, 5.74) is 0. The van der Waals surface area contributed by atoms with Gasteiger partial charge in [-0.15, -0.1) is 0 Å². The smallest absolute Gasteiger partial charge is 0.394 e. The van der Waals surface area contributed by atoms with Gasteiger partial charge in [0, 0.05) is 6.92 Å². The van der Waals surface area contributed by atoms with E-state index in [2.05, 4.69) is 4.74 Å². The number of hydrogen-bond acceptors (Lipinski definition) is 2. The van der Waals surface area contributed by atoms with Gasteiger partial charge in [-0.25, -0.2) is 0 Å². The van der Waals surface area contributed by atoms with E-state index in [0.29, 0.717) is 19.3 Å². The van der Waals surface area contributed by atoms with Gasteiger partial charge in [0.1, 0.15) is 11.5 Å². The lowest BCUT2D eigenvalue weighted by Gasteiger charge is -2.13. The zero-order valence-electron chi connectivity index (χ0n) is 8.09. The summed E-state index contributed by atoms with van der Waals surface area (Å²) < 4.78 is 34.3. The van der Waals surface area contributed by atoms with Crippen LogP contribution in [0.1, 0.15) is 13.8 Å². The van der Waals surface area contributed by atoms with Crippen LogP contribution in [0.15, 0.2) is 24.3 Å². The molecule has 0 spiro atoms. The van der Waals surface area contributed by atoms with Crippen LogP contribution in [-0.2, 0) is 0 Å². The highest BCUT2D eigenvalue weighted by Crippen LogP contribution is 2.23. The molecular formula is C10H12F2O2. The van der Waals surface area contributed by atoms with E-state index < -0.39 is 6.11 Å². The van der Waals surface area contributed by atoms with E-state index in [1.807, 2.05) is 6.92 Å². The molecule has 0 aromatic heterocycles. The summed E-state index contributed by atoms with van der Waals surface area (Å²) in [6, 6.07) is 6.07. The molecule has 2 nitrogen and oxygen atoms in total. The molecule has 1 rings (SSSR count). The Hall–Kier alpha value is -1.32. The molecule has 1 aromatic rings. The van der Waals surface area contributed by atoms with Crippen LogP contribution in [0, 0.1) is 0 Å². The van der Waals surface area contributed by atoms with E-state index in [1.165, 1.54) is 12.1 Å². The molecule has 0 N–H and O–H groups in total. The van der Waals surface area contributed by atoms with Gasteiger partial charge in [-0.05, 0) is 31.2 Å². The Morgan fingerprint density at radius 3 is 2.07 bits per heavy atom. The highest BCUT2D eigenvalue weighted by atomic mass is 19.3. The third kappa shape index (κ3) is 3.60. The van der Waals surface area contributed by atoms with Crippen LogP contribution in [0.25, 0.3) is 0 Å². The van der Waals surface area contributed by atoms with Gasteiger partial charge in [0.25, 0.3) is 0 Å². The summed E-state index contributed by atoms with van der Waals surface area (Å²) in [6.07, 6.45) is -3.15. The van der Waals surface area contributed by atoms with Crippen molar-refractivity contribution in [1.29, 1.82) is 0 Å². The topological polar surface area (TPSA) is 18.5 Å². The second kappa shape index (κ2) is 4.26. The molecule has 0 amide bonds. The highest BCUT2D eigenvalue weighted by Gasteiger charge is 2.22. The Morgan fingerprint density at radius 2 is 1.64 bits per heavy atom. The second-order valence-corrected chi connectivity index (χ2v) is 2.81. The first-order valence-electron chi connectivity index (χ1n) is 4.31. The first-order valence-corrected chi connectivity index (χ1v) is 4.31. The minimum absolute atomic E-state index is 0.126. The normalized spacial score (nSPS) is 11.1. The van der Waals surface area contributed by atoms with Crippen molar-refractivity contribution < 1.29 is 18.3 Å². The van der Waals surface area contributed by atoms with Crippen molar-refractivity contribution in [3.63, 3.8) is 0 Å². The maximum absolute atomic E-state index is 12.4. The van der Waals surface area contributed by atoms with Crippen LogP contribution in [-0.4, -0.2) is 12.7 Å². The van der Waals surface area contributed by atoms with E-state index >= 15 is 0 Å². The van der Waals surface area contributed by atoms with Gasteiger partial charge >= 0.3 is 6.11 Å². The molecule has 4 heteroatoms. The molecule has 0 unspecified atom stereocenters. The van der Waals surface area contributed by atoms with Gasteiger partial charge in [-0.2, -0.15) is 8.78 Å². The van der Waals surface area contributed by atoms with Crippen molar-refractivity contribution in [2.24, 2.45) is 0 Å². The predicted molar refractivity (Wildman–Crippen MR) is 48.9 cm³/mol. The fourth-order valence-electron chi connectivity index (χ4n) is 0.978. The molecule has 0 aliphatic heterocycles. The lowest BCUT2D eigenvalue weighted by molar-refractivity contribution is -0.158. The minimum Gasteiger partial charge on any atom is -0.494 e. The van der Waals surface area contributed by atoms with Gasteiger partial charge in [0.15, 0.2) is 0 Å². The third-order valence-corrected chi connectivity index (χ3v) is 1.43. The summed E-state index contributed by atoms with van der Waals surface area (Å²) in [4.78, 5) is 0. The maximum Gasteiger partial charge on any atom is 0.394 e. The fraction of sp³-hybridized carbons (Fsp3) is 0.400. The van der Waals surface area contributed by atoms with E-state index in [9.17, 15) is 8.78 Å². The lowest BCUT2D eigenvalue weighted by atomic mass is 10.3. The number of rotatable bonds is 4. The Morgan fingerprint density at radius 1 is 1.14 bits per heavy atom. The summed E-state index contributed by atoms with van der Waals surface area (Å²) in [5.74, 6) is 0.764. The summed E-state index contributed by atoms with van der Waals surface area (Å²) in [5, 5.41) is 0. The average Bonchev–Trinajstić information content (AvgIpc) is 2.06. The second-order valence-electron chi connectivity index (χ2n) is 2.81. The quantitative estimate of drug-likeness (QED) is 0.747. The Balaban J connectivity index is 2.64. The van der Waals surface area contributed by atoms with E-state index in [1.54, 1.807) is 12.1 Å². The Kier molecular flexibility index (Phi) is 3.28. The SMILES string of the molecule is CCOc1ccc(OC(C)(F)F)cc1. The summed E-state index contributed by atoms with van der Waals surface area (Å²) in [6.45, 7) is 3.10. The van der Waals surface area contributed by atoms with Gasteiger partial charge in [-0.1, -0.05) is 0 Å². The number of hydrogen-bond donors (Lipinski definition) is 0. The van der Waals surface area contributed by atoms with Gasteiger partial charge in [0.2, 0.25) is 0 Å². The van der Waals surface area contributed by atoms with Crippen LogP contribution in [0.3, 0.4) is 0 Å². The molecule has 0 saturated carbocycles. The van der Waals surface area contributed by atoms with Crippen molar-refractivity contribution in [2.45, 2.75) is 20.0 Å². The van der Waals surface area contributed by atoms with Gasteiger partial charge in [0.05, 0.1) is 6.61 Å². The molecule has 0 aliphatic rings. The van der Waals surface area contributed by atoms with Crippen LogP contribution < -0.4 is 9.47 Å². The Labute approximate surface area is 81.4 Å². The zero-order valence-corrected chi connectivity index (χ0v) is 8.09. The predicted octanol–water partition coefficient (Wildman–Crippen LogP) is 3.08. The standard InChI is InChI=1S/C10H12F2O2/c1-3-13-8-4-6-9(7-5-8)14-10(2,11)12/h4-7H,3H2,1-2H3. The molecule has 0 atom stereocenters. The van der Waals surface area contributed by atoms with Gasteiger partial charge in [-0.3, -0.25) is 0 Å². The van der Waals surface area contributed by atoms with Crippen LogP contribution >= 0.6 is 0 Å². The van der Waals surface area contributed by atoms with Crippen molar-refractivity contribution in [3.05, 3.63) is 24.3 Å². The summed E-state index contributed by atoms with van der Waals surface area (Å²) in [7, 11) is 0. The molecule has 14 heavy (non-hydrogen) atoms. The molecule has 0 bridgehead atoms. The molecule has 0 heterocycles. The highest BCUT2D eigenvalue weighted by molar-refractivity contribution is 5.31. The van der Waals surface area contributed by atoms with E-state index in [0.717, 1.165) is 0 Å². The first kappa shape index (κ1) is 10.8. The molecule has 0 aliphatic carbocycles. The maximum atomic E-state index is 12.4. The lowest BCUT2D eigenvalue weighted by Crippen LogP contribution is -2.18. The number of ether oxygens (including phenoxy) is 2. The van der Waals surface area contributed by atoms with Crippen LogP contribution in [0.5, 0.6) is 11.5 Å². The molecular weight excluding hydrogens is 190 g/mol. The van der Waals surface area contributed by atoms with Gasteiger partial charge < -0.3 is 9.47 Å². The van der Waals surface area contributed by atoms with Crippen LogP contribution in [0.2, 0.25) is 0 Å². The van der Waals surface area contributed by atoms with Crippen molar-refractivity contribution in [2.75, 3.05) is 6.61 Å².